The Balaban J connectivity index is 1.70. The fourth-order valence-electron chi connectivity index (χ4n) is 1.72. The van der Waals surface area contributed by atoms with Crippen molar-refractivity contribution in [1.29, 1.82) is 0 Å². The molecule has 0 aliphatic rings. The van der Waals surface area contributed by atoms with E-state index in [-0.39, 0.29) is 0 Å². The molecule has 8 heteroatoms. The number of aromatic nitrogens is 3. The Morgan fingerprint density at radius 2 is 2.00 bits per heavy atom. The van der Waals surface area contributed by atoms with Crippen LogP contribution in [0.1, 0.15) is 16.8 Å². The van der Waals surface area contributed by atoms with Crippen LogP contribution in [0.3, 0.4) is 0 Å². The molecule has 0 spiro atoms. The number of nitrogens with zero attached hydrogens (tertiary/aromatic N) is 2. The van der Waals surface area contributed by atoms with Gasteiger partial charge in [0.15, 0.2) is 0 Å². The molecule has 3 N–H and O–H groups in total. The zero-order chi connectivity index (χ0) is 15.3. The van der Waals surface area contributed by atoms with Crippen LogP contribution in [0.25, 0.3) is 0 Å². The number of H-pyrrole nitrogens is 1. The quantitative estimate of drug-likeness (QED) is 0.716. The van der Waals surface area contributed by atoms with E-state index in [1.165, 1.54) is 6.07 Å². The molecule has 2 aromatic heterocycles. The number of halogens is 3. The van der Waals surface area contributed by atoms with Gasteiger partial charge in [-0.1, -0.05) is 0 Å². The Bertz CT molecular complexity index is 562. The molecular weight excluding hydrogens is 283 g/mol. The minimum absolute atomic E-state index is 0.421. The van der Waals surface area contributed by atoms with Crippen molar-refractivity contribution in [2.45, 2.75) is 19.6 Å². The summed E-state index contributed by atoms with van der Waals surface area (Å²) in [7, 11) is 0. The minimum Gasteiger partial charge on any atom is -0.369 e. The summed E-state index contributed by atoms with van der Waals surface area (Å²) in [5, 5.41) is 12.9. The van der Waals surface area contributed by atoms with Crippen molar-refractivity contribution in [2.75, 3.05) is 18.4 Å². The van der Waals surface area contributed by atoms with Crippen LogP contribution in [-0.4, -0.2) is 28.3 Å². The van der Waals surface area contributed by atoms with E-state index in [2.05, 4.69) is 25.8 Å². The molecule has 2 rings (SSSR count). The Hall–Kier alpha value is -2.09. The van der Waals surface area contributed by atoms with Gasteiger partial charge in [0.25, 0.3) is 0 Å². The van der Waals surface area contributed by atoms with E-state index in [4.69, 9.17) is 0 Å². The second-order valence-corrected chi connectivity index (χ2v) is 4.55. The number of alkyl halides is 3. The van der Waals surface area contributed by atoms with Crippen molar-refractivity contribution in [3.63, 3.8) is 0 Å². The van der Waals surface area contributed by atoms with Gasteiger partial charge in [-0.05, 0) is 19.1 Å². The molecule has 0 aliphatic heterocycles. The van der Waals surface area contributed by atoms with E-state index in [1.54, 1.807) is 6.20 Å². The highest BCUT2D eigenvalue weighted by molar-refractivity contribution is 5.36. The van der Waals surface area contributed by atoms with E-state index in [0.717, 1.165) is 23.5 Å². The third-order valence-corrected chi connectivity index (χ3v) is 2.95. The van der Waals surface area contributed by atoms with Crippen LogP contribution < -0.4 is 10.6 Å². The normalized spacial score (nSPS) is 11.6. The molecular formula is C13H16F3N5. The van der Waals surface area contributed by atoms with Crippen LogP contribution in [-0.2, 0) is 12.7 Å². The average Bonchev–Trinajstić information content (AvgIpc) is 2.84. The zero-order valence-corrected chi connectivity index (χ0v) is 11.5. The number of nitrogens with one attached hydrogen (secondary N) is 3. The van der Waals surface area contributed by atoms with Crippen molar-refractivity contribution in [3.8, 4) is 0 Å². The molecule has 0 saturated carbocycles. The lowest BCUT2D eigenvalue weighted by molar-refractivity contribution is -0.137. The molecule has 114 valence electrons. The average molecular weight is 299 g/mol. The van der Waals surface area contributed by atoms with Gasteiger partial charge in [-0.2, -0.15) is 18.3 Å². The second-order valence-electron chi connectivity index (χ2n) is 4.55. The molecule has 0 amide bonds. The summed E-state index contributed by atoms with van der Waals surface area (Å²) in [6.45, 7) is 3.85. The number of hydrogen-bond donors (Lipinski definition) is 3. The summed E-state index contributed by atoms with van der Waals surface area (Å²) in [6, 6.07) is 2.33. The molecule has 0 atom stereocenters. The Labute approximate surface area is 120 Å². The predicted molar refractivity (Wildman–Crippen MR) is 72.8 cm³/mol. The summed E-state index contributed by atoms with van der Waals surface area (Å²) in [6.07, 6.45) is -1.77. The first kappa shape index (κ1) is 15.3. The smallest absolute Gasteiger partial charge is 0.369 e. The van der Waals surface area contributed by atoms with Crippen molar-refractivity contribution in [1.82, 2.24) is 20.5 Å². The number of anilines is 1. The van der Waals surface area contributed by atoms with E-state index < -0.39 is 11.7 Å². The van der Waals surface area contributed by atoms with Gasteiger partial charge in [-0.25, -0.2) is 4.98 Å². The van der Waals surface area contributed by atoms with Crippen LogP contribution in [0.2, 0.25) is 0 Å². The first-order valence-corrected chi connectivity index (χ1v) is 6.43. The maximum atomic E-state index is 12.4. The summed E-state index contributed by atoms with van der Waals surface area (Å²) >= 11 is 0. The molecule has 0 unspecified atom stereocenters. The third-order valence-electron chi connectivity index (χ3n) is 2.95. The molecule has 0 aromatic carbocycles. The molecule has 0 fully saturated rings. The highest BCUT2D eigenvalue weighted by atomic mass is 19.4. The van der Waals surface area contributed by atoms with E-state index >= 15 is 0 Å². The number of aryl methyl sites for hydroxylation is 1. The minimum atomic E-state index is -4.35. The SMILES string of the molecule is Cc1[nH]ncc1CNCCNc1ccc(C(F)(F)F)cn1. The van der Waals surface area contributed by atoms with E-state index in [0.29, 0.717) is 25.5 Å². The fourth-order valence-corrected chi connectivity index (χ4v) is 1.72. The molecule has 0 aliphatic carbocycles. The van der Waals surface area contributed by atoms with Crippen LogP contribution in [0.15, 0.2) is 24.5 Å². The molecule has 2 heterocycles. The summed E-state index contributed by atoms with van der Waals surface area (Å²) < 4.78 is 37.1. The Morgan fingerprint density at radius 1 is 1.19 bits per heavy atom. The van der Waals surface area contributed by atoms with Crippen LogP contribution >= 0.6 is 0 Å². The van der Waals surface area contributed by atoms with Crippen molar-refractivity contribution < 1.29 is 13.2 Å². The number of hydrogen-bond acceptors (Lipinski definition) is 4. The van der Waals surface area contributed by atoms with Crippen molar-refractivity contribution in [3.05, 3.63) is 41.3 Å². The van der Waals surface area contributed by atoms with Gasteiger partial charge in [-0.3, -0.25) is 5.10 Å². The summed E-state index contributed by atoms with van der Waals surface area (Å²) in [5.41, 5.74) is 1.35. The first-order chi connectivity index (χ1) is 9.97. The molecule has 2 aromatic rings. The molecule has 0 bridgehead atoms. The summed E-state index contributed by atoms with van der Waals surface area (Å²) in [5.74, 6) is 0.421. The van der Waals surface area contributed by atoms with Gasteiger partial charge in [0.2, 0.25) is 0 Å². The monoisotopic (exact) mass is 299 g/mol. The number of pyridine rings is 1. The first-order valence-electron chi connectivity index (χ1n) is 6.43. The number of rotatable bonds is 6. The van der Waals surface area contributed by atoms with Gasteiger partial charge in [-0.15, -0.1) is 0 Å². The maximum absolute atomic E-state index is 12.4. The lowest BCUT2D eigenvalue weighted by Crippen LogP contribution is -2.22. The van der Waals surface area contributed by atoms with Crippen LogP contribution in [0.5, 0.6) is 0 Å². The third kappa shape index (κ3) is 4.45. The molecule has 0 saturated heterocycles. The zero-order valence-electron chi connectivity index (χ0n) is 11.5. The summed E-state index contributed by atoms with van der Waals surface area (Å²) in [4.78, 5) is 3.73. The predicted octanol–water partition coefficient (Wildman–Crippen LogP) is 2.33. The Morgan fingerprint density at radius 3 is 2.57 bits per heavy atom. The van der Waals surface area contributed by atoms with E-state index in [9.17, 15) is 13.2 Å². The van der Waals surface area contributed by atoms with Gasteiger partial charge >= 0.3 is 6.18 Å². The fraction of sp³-hybridized carbons (Fsp3) is 0.385. The molecule has 0 radical (unpaired) electrons. The van der Waals surface area contributed by atoms with Gasteiger partial charge in [0.1, 0.15) is 5.82 Å². The highest BCUT2D eigenvalue weighted by Crippen LogP contribution is 2.28. The van der Waals surface area contributed by atoms with Crippen LogP contribution in [0, 0.1) is 6.92 Å². The lowest BCUT2D eigenvalue weighted by atomic mass is 10.2. The second kappa shape index (κ2) is 6.57. The molecule has 21 heavy (non-hydrogen) atoms. The maximum Gasteiger partial charge on any atom is 0.417 e. The largest absolute Gasteiger partial charge is 0.417 e. The van der Waals surface area contributed by atoms with E-state index in [1.807, 2.05) is 6.92 Å². The topological polar surface area (TPSA) is 65.6 Å². The number of aromatic amines is 1. The van der Waals surface area contributed by atoms with Gasteiger partial charge < -0.3 is 10.6 Å². The molecule has 5 nitrogen and oxygen atoms in total. The van der Waals surface area contributed by atoms with Crippen molar-refractivity contribution >= 4 is 5.82 Å². The lowest BCUT2D eigenvalue weighted by Gasteiger charge is -2.09. The Kier molecular flexibility index (Phi) is 4.79. The highest BCUT2D eigenvalue weighted by Gasteiger charge is 2.30. The van der Waals surface area contributed by atoms with Crippen LogP contribution in [0.4, 0.5) is 19.0 Å². The van der Waals surface area contributed by atoms with Crippen molar-refractivity contribution in [2.24, 2.45) is 0 Å². The standard InChI is InChI=1S/C13H16F3N5/c1-9-10(7-20-21-9)6-17-4-5-18-12-3-2-11(8-19-12)13(14,15)16/h2-3,7-8,17H,4-6H2,1H3,(H,18,19)(H,20,21). The van der Waals surface area contributed by atoms with Gasteiger partial charge in [0.05, 0.1) is 11.8 Å². The van der Waals surface area contributed by atoms with Gasteiger partial charge in [0, 0.05) is 37.1 Å².